The van der Waals surface area contributed by atoms with Gasteiger partial charge in [-0.25, -0.2) is 4.98 Å². The number of carbonyl (C=O) groups is 3. The molecule has 38 heavy (non-hydrogen) atoms. The van der Waals surface area contributed by atoms with Crippen molar-refractivity contribution in [2.45, 2.75) is 70.3 Å². The molecule has 2 aromatic rings. The summed E-state index contributed by atoms with van der Waals surface area (Å²) in [6.07, 6.45) is -1.13. The van der Waals surface area contributed by atoms with E-state index in [2.05, 4.69) is 20.6 Å². The van der Waals surface area contributed by atoms with Crippen molar-refractivity contribution < 1.29 is 39.9 Å². The van der Waals surface area contributed by atoms with Crippen LogP contribution < -0.4 is 16.1 Å². The zero-order valence-electron chi connectivity index (χ0n) is 21.6. The van der Waals surface area contributed by atoms with Gasteiger partial charge in [0.15, 0.2) is 11.2 Å². The number of nitrogens with one attached hydrogen (secondary N) is 2. The highest BCUT2D eigenvalue weighted by Gasteiger charge is 2.24. The molecule has 1 aromatic carbocycles. The topological polar surface area (TPSA) is 207 Å². The maximum Gasteiger partial charge on any atom is 0.303 e. The molecule has 0 fully saturated rings. The third-order valence-electron chi connectivity index (χ3n) is 6.17. The van der Waals surface area contributed by atoms with E-state index in [1.54, 1.807) is 23.6 Å². The van der Waals surface area contributed by atoms with Crippen LogP contribution in [0, 0.1) is 6.92 Å². The fourth-order valence-electron chi connectivity index (χ4n) is 4.06. The SMILES string of the molecule is CNC(=O)c1nc2cc(C)c(NCC(O)C(O)C(O)CCO)cc2n(CCCCCCC(=O)O)c1=NC=O. The molecular weight excluding hydrogens is 498 g/mol. The number of amides is 2. The van der Waals surface area contributed by atoms with Gasteiger partial charge in [-0.3, -0.25) is 14.4 Å². The fraction of sp³-hybridized carbons (Fsp3) is 0.560. The summed E-state index contributed by atoms with van der Waals surface area (Å²) in [5.74, 6) is -1.36. The highest BCUT2D eigenvalue weighted by Crippen LogP contribution is 2.23. The summed E-state index contributed by atoms with van der Waals surface area (Å²) >= 11 is 0. The summed E-state index contributed by atoms with van der Waals surface area (Å²) in [7, 11) is 1.45. The number of hydrogen-bond acceptors (Lipinski definition) is 9. The number of aliphatic carboxylic acids is 1. The molecule has 13 heteroatoms. The number of unbranched alkanes of at least 4 members (excludes halogenated alkanes) is 3. The highest BCUT2D eigenvalue weighted by molar-refractivity contribution is 5.94. The first-order valence-electron chi connectivity index (χ1n) is 12.5. The number of fused-ring (bicyclic) bond motifs is 1. The molecule has 0 aliphatic carbocycles. The van der Waals surface area contributed by atoms with E-state index in [-0.39, 0.29) is 37.2 Å². The summed E-state index contributed by atoms with van der Waals surface area (Å²) in [5.41, 5.74) is 2.41. The van der Waals surface area contributed by atoms with Crippen LogP contribution in [-0.4, -0.2) is 91.9 Å². The lowest BCUT2D eigenvalue weighted by Gasteiger charge is -2.23. The number of rotatable bonds is 16. The zero-order chi connectivity index (χ0) is 28.2. The number of carboxylic acid groups (broad SMARTS) is 1. The molecule has 3 atom stereocenters. The van der Waals surface area contributed by atoms with Crippen LogP contribution in [0.3, 0.4) is 0 Å². The summed E-state index contributed by atoms with van der Waals surface area (Å²) in [6, 6.07) is 3.48. The monoisotopic (exact) mass is 535 g/mol. The zero-order valence-corrected chi connectivity index (χ0v) is 21.6. The van der Waals surface area contributed by atoms with Gasteiger partial charge in [0.25, 0.3) is 5.91 Å². The van der Waals surface area contributed by atoms with Crippen molar-refractivity contribution in [3.63, 3.8) is 0 Å². The second-order valence-corrected chi connectivity index (χ2v) is 8.98. The lowest BCUT2D eigenvalue weighted by Crippen LogP contribution is -2.41. The Kier molecular flexibility index (Phi) is 12.3. The Balaban J connectivity index is 2.44. The van der Waals surface area contributed by atoms with E-state index in [9.17, 15) is 29.7 Å². The van der Waals surface area contributed by atoms with Crippen molar-refractivity contribution >= 4 is 35.0 Å². The van der Waals surface area contributed by atoms with E-state index in [0.29, 0.717) is 48.9 Å². The van der Waals surface area contributed by atoms with Crippen molar-refractivity contribution in [1.82, 2.24) is 14.9 Å². The number of benzene rings is 1. The minimum absolute atomic E-state index is 0.0190. The van der Waals surface area contributed by atoms with Gasteiger partial charge in [0.05, 0.1) is 23.2 Å². The first-order valence-corrected chi connectivity index (χ1v) is 12.5. The normalized spacial score (nSPS) is 14.2. The lowest BCUT2D eigenvalue weighted by atomic mass is 10.1. The van der Waals surface area contributed by atoms with Crippen LogP contribution in [-0.2, 0) is 16.1 Å². The molecule has 3 unspecified atom stereocenters. The molecule has 1 aromatic heterocycles. The Morgan fingerprint density at radius 2 is 1.84 bits per heavy atom. The van der Waals surface area contributed by atoms with Crippen LogP contribution in [0.15, 0.2) is 17.1 Å². The van der Waals surface area contributed by atoms with Gasteiger partial charge < -0.3 is 40.7 Å². The van der Waals surface area contributed by atoms with Crippen molar-refractivity contribution in [2.24, 2.45) is 4.99 Å². The first-order chi connectivity index (χ1) is 18.1. The first kappa shape index (κ1) is 30.8. The van der Waals surface area contributed by atoms with Crippen LogP contribution in [0.4, 0.5) is 5.69 Å². The Morgan fingerprint density at radius 3 is 2.47 bits per heavy atom. The van der Waals surface area contributed by atoms with Crippen molar-refractivity contribution in [3.05, 3.63) is 28.9 Å². The van der Waals surface area contributed by atoms with Gasteiger partial charge in [0.1, 0.15) is 6.10 Å². The summed E-state index contributed by atoms with van der Waals surface area (Å²) in [5, 5.41) is 53.5. The van der Waals surface area contributed by atoms with Crippen molar-refractivity contribution in [2.75, 3.05) is 25.5 Å². The second-order valence-electron chi connectivity index (χ2n) is 8.98. The molecule has 210 valence electrons. The number of carbonyl (C=O) groups excluding carboxylic acids is 2. The van der Waals surface area contributed by atoms with Gasteiger partial charge in [-0.2, -0.15) is 4.99 Å². The second kappa shape index (κ2) is 15.1. The molecule has 2 rings (SSSR count). The Hall–Kier alpha value is -3.39. The molecule has 0 spiro atoms. The molecule has 0 aliphatic rings. The number of aromatic nitrogens is 2. The van der Waals surface area contributed by atoms with Gasteiger partial charge in [-0.05, 0) is 43.9 Å². The van der Waals surface area contributed by atoms with Crippen LogP contribution in [0.25, 0.3) is 11.0 Å². The third-order valence-corrected chi connectivity index (χ3v) is 6.17. The van der Waals surface area contributed by atoms with Crippen molar-refractivity contribution in [3.8, 4) is 0 Å². The number of anilines is 1. The standard InChI is InChI=1S/C25H37N5O8/c1-15-11-17-18(12-16(15)27-13-20(34)23(37)19(33)8-10-31)30(9-6-4-3-5-7-21(35)36)24(28-14-32)22(29-17)25(38)26-2/h11-12,14,19-20,23,27,31,33-34,37H,3-10,13H2,1-2H3,(H,26,38)(H,35,36). The number of hydrogen-bond donors (Lipinski definition) is 7. The predicted octanol–water partition coefficient (Wildman–Crippen LogP) is -0.326. The largest absolute Gasteiger partial charge is 0.481 e. The van der Waals surface area contributed by atoms with Gasteiger partial charge >= 0.3 is 5.97 Å². The van der Waals surface area contributed by atoms with Crippen LogP contribution in [0.5, 0.6) is 0 Å². The third kappa shape index (κ3) is 8.31. The van der Waals surface area contributed by atoms with Gasteiger partial charge in [0.2, 0.25) is 6.41 Å². The lowest BCUT2D eigenvalue weighted by molar-refractivity contribution is -0.137. The van der Waals surface area contributed by atoms with Gasteiger partial charge in [0, 0.05) is 38.9 Å². The smallest absolute Gasteiger partial charge is 0.303 e. The minimum atomic E-state index is -1.46. The quantitative estimate of drug-likeness (QED) is 0.110. The van der Waals surface area contributed by atoms with Crippen molar-refractivity contribution in [1.29, 1.82) is 0 Å². The molecule has 1 heterocycles. The van der Waals surface area contributed by atoms with E-state index >= 15 is 0 Å². The summed E-state index contributed by atoms with van der Waals surface area (Å²) in [6.45, 7) is 1.73. The summed E-state index contributed by atoms with van der Waals surface area (Å²) < 4.78 is 1.71. The molecule has 0 radical (unpaired) electrons. The van der Waals surface area contributed by atoms with Gasteiger partial charge in [-0.1, -0.05) is 12.8 Å². The highest BCUT2D eigenvalue weighted by atomic mass is 16.4. The number of aliphatic hydroxyl groups is 4. The molecule has 0 saturated carbocycles. The summed E-state index contributed by atoms with van der Waals surface area (Å²) in [4.78, 5) is 43.0. The predicted molar refractivity (Wildman–Crippen MR) is 138 cm³/mol. The van der Waals surface area contributed by atoms with Crippen LogP contribution in [0.1, 0.15) is 54.6 Å². The molecular formula is C25H37N5O8. The maximum absolute atomic E-state index is 12.6. The maximum atomic E-state index is 12.6. The molecule has 0 saturated heterocycles. The average Bonchev–Trinajstić information content (AvgIpc) is 2.89. The molecule has 2 amide bonds. The number of carboxylic acids is 1. The Morgan fingerprint density at radius 1 is 1.13 bits per heavy atom. The number of aryl methyl sites for hydroxylation is 2. The van der Waals surface area contributed by atoms with E-state index in [0.717, 1.165) is 12.0 Å². The Labute approximate surface area is 219 Å². The van der Waals surface area contributed by atoms with E-state index < -0.39 is 30.2 Å². The van der Waals surface area contributed by atoms with E-state index in [1.165, 1.54) is 7.05 Å². The molecule has 13 nitrogen and oxygen atoms in total. The molecule has 0 bridgehead atoms. The number of nitrogens with zero attached hydrogens (tertiary/aromatic N) is 3. The van der Waals surface area contributed by atoms with E-state index in [4.69, 9.17) is 10.2 Å². The van der Waals surface area contributed by atoms with Crippen LogP contribution in [0.2, 0.25) is 0 Å². The minimum Gasteiger partial charge on any atom is -0.481 e. The Bertz CT molecular complexity index is 1180. The van der Waals surface area contributed by atoms with E-state index in [1.807, 2.05) is 0 Å². The fourth-order valence-corrected chi connectivity index (χ4v) is 4.06. The van der Waals surface area contributed by atoms with Crippen LogP contribution >= 0.6 is 0 Å². The molecule has 0 aliphatic heterocycles. The number of aliphatic hydroxyl groups excluding tert-OH is 4. The van der Waals surface area contributed by atoms with Gasteiger partial charge in [-0.15, -0.1) is 0 Å². The average molecular weight is 536 g/mol. The molecule has 7 N–H and O–H groups in total.